The number of fused-ring (bicyclic) bond motifs is 1. The lowest BCUT2D eigenvalue weighted by Crippen LogP contribution is -2.22. The minimum atomic E-state index is -1.37. The van der Waals surface area contributed by atoms with Crippen LogP contribution in [0.3, 0.4) is 0 Å². The van der Waals surface area contributed by atoms with Gasteiger partial charge in [0.15, 0.2) is 17.5 Å². The van der Waals surface area contributed by atoms with E-state index in [9.17, 15) is 18.0 Å². The van der Waals surface area contributed by atoms with Crippen molar-refractivity contribution in [3.63, 3.8) is 0 Å². The average Bonchev–Trinajstić information content (AvgIpc) is 3.30. The third-order valence-corrected chi connectivity index (χ3v) is 7.37. The second-order valence-electron chi connectivity index (χ2n) is 8.78. The Kier molecular flexibility index (Phi) is 6.64. The number of nitrogens with zero attached hydrogens (tertiary/aromatic N) is 4. The monoisotopic (exact) mass is 530 g/mol. The van der Waals surface area contributed by atoms with Crippen LogP contribution in [0.5, 0.6) is 0 Å². The van der Waals surface area contributed by atoms with Gasteiger partial charge in [0.2, 0.25) is 5.28 Å². The van der Waals surface area contributed by atoms with E-state index >= 15 is 0 Å². The third-order valence-electron chi connectivity index (χ3n) is 5.09. The van der Waals surface area contributed by atoms with Gasteiger partial charge in [-0.2, -0.15) is 0 Å². The molecule has 0 spiro atoms. The highest BCUT2D eigenvalue weighted by atomic mass is 35.5. The van der Waals surface area contributed by atoms with E-state index in [0.29, 0.717) is 6.61 Å². The Labute approximate surface area is 202 Å². The first-order chi connectivity index (χ1) is 16.0. The molecule has 4 aromatic rings. The van der Waals surface area contributed by atoms with Crippen molar-refractivity contribution >= 4 is 42.3 Å². The second kappa shape index (κ2) is 9.21. The summed E-state index contributed by atoms with van der Waals surface area (Å²) < 4.78 is 55.7. The zero-order valence-corrected chi connectivity index (χ0v) is 20.8. The Balaban J connectivity index is 1.88. The van der Waals surface area contributed by atoms with E-state index in [1.54, 1.807) is 0 Å². The number of ether oxygens (including phenoxy) is 1. The van der Waals surface area contributed by atoms with Gasteiger partial charge in [0.1, 0.15) is 18.1 Å². The fraction of sp³-hybridized carbons (Fsp3) is 0.286. The summed E-state index contributed by atoms with van der Waals surface area (Å²) >= 11 is 12.1. The first kappa shape index (κ1) is 24.5. The smallest absolute Gasteiger partial charge is 0.361 e. The molecular formula is C21H19Cl2F3N4O3Si. The SMILES string of the molecule is C[Si](C)(C)CCOCn1c(Cl)nc2c(F)c(F)cc(-c3noc(=O)n3-c3ccc(F)c(Cl)c3)c21. The highest BCUT2D eigenvalue weighted by Gasteiger charge is 2.26. The van der Waals surface area contributed by atoms with E-state index in [-0.39, 0.29) is 45.1 Å². The number of imidazole rings is 1. The zero-order valence-electron chi connectivity index (χ0n) is 18.3. The molecule has 0 fully saturated rings. The van der Waals surface area contributed by atoms with Crippen molar-refractivity contribution in [1.82, 2.24) is 19.3 Å². The number of benzene rings is 2. The average molecular weight is 531 g/mol. The molecule has 180 valence electrons. The van der Waals surface area contributed by atoms with Crippen molar-refractivity contribution in [2.24, 2.45) is 0 Å². The Morgan fingerprint density at radius 2 is 1.85 bits per heavy atom. The van der Waals surface area contributed by atoms with Gasteiger partial charge in [0, 0.05) is 14.7 Å². The molecule has 2 aromatic carbocycles. The number of rotatable bonds is 7. The number of aromatic nitrogens is 4. The summed E-state index contributed by atoms with van der Waals surface area (Å²) in [5.41, 5.74) is -0.248. The van der Waals surface area contributed by atoms with Gasteiger partial charge in [-0.25, -0.2) is 27.5 Å². The van der Waals surface area contributed by atoms with Gasteiger partial charge in [-0.3, -0.25) is 9.09 Å². The molecule has 0 amide bonds. The van der Waals surface area contributed by atoms with Gasteiger partial charge in [-0.1, -0.05) is 36.4 Å². The van der Waals surface area contributed by atoms with E-state index in [1.807, 2.05) is 0 Å². The van der Waals surface area contributed by atoms with Gasteiger partial charge in [0.05, 0.1) is 21.8 Å². The maximum absolute atomic E-state index is 14.6. The molecule has 0 saturated carbocycles. The van der Waals surface area contributed by atoms with Crippen molar-refractivity contribution in [2.75, 3.05) is 6.61 Å². The van der Waals surface area contributed by atoms with Crippen molar-refractivity contribution in [1.29, 1.82) is 0 Å². The fourth-order valence-corrected chi connectivity index (χ4v) is 4.47. The molecule has 0 aliphatic rings. The summed E-state index contributed by atoms with van der Waals surface area (Å²) in [7, 11) is -1.37. The van der Waals surface area contributed by atoms with E-state index in [0.717, 1.165) is 22.7 Å². The van der Waals surface area contributed by atoms with E-state index in [2.05, 4.69) is 29.8 Å². The highest BCUT2D eigenvalue weighted by Crippen LogP contribution is 2.34. The maximum atomic E-state index is 14.6. The van der Waals surface area contributed by atoms with Crippen LogP contribution in [0.4, 0.5) is 13.2 Å². The quantitative estimate of drug-likeness (QED) is 0.220. The van der Waals surface area contributed by atoms with Crippen LogP contribution in [-0.4, -0.2) is 34.0 Å². The summed E-state index contributed by atoms with van der Waals surface area (Å²) in [5.74, 6) is -4.28. The minimum absolute atomic E-state index is 0.0339. The molecule has 13 heteroatoms. The Hall–Kier alpha value is -2.60. The van der Waals surface area contributed by atoms with Crippen LogP contribution in [0.1, 0.15) is 0 Å². The standard InChI is InChI=1S/C21H19Cl2F3N4O3Si/c1-34(2,3)7-6-32-10-29-18-12(9-15(25)16(26)17(18)27-20(29)23)19-28-33-21(31)30(19)11-4-5-14(24)13(22)8-11/h4-5,8-9H,6-7,10H2,1-3H3. The van der Waals surface area contributed by atoms with Gasteiger partial charge in [0.25, 0.3) is 0 Å². The third kappa shape index (κ3) is 4.65. The summed E-state index contributed by atoms with van der Waals surface area (Å²) in [5, 5.41) is 3.35. The van der Waals surface area contributed by atoms with Crippen LogP contribution in [0.2, 0.25) is 36.0 Å². The molecule has 0 unspecified atom stereocenters. The lowest BCUT2D eigenvalue weighted by molar-refractivity contribution is 0.0901. The summed E-state index contributed by atoms with van der Waals surface area (Å²) in [6.45, 7) is 6.92. The molecule has 7 nitrogen and oxygen atoms in total. The van der Waals surface area contributed by atoms with Gasteiger partial charge < -0.3 is 4.74 Å². The summed E-state index contributed by atoms with van der Waals surface area (Å²) in [6, 6.07) is 5.23. The van der Waals surface area contributed by atoms with Gasteiger partial charge in [-0.15, -0.1) is 0 Å². The molecule has 2 heterocycles. The maximum Gasteiger partial charge on any atom is 0.446 e. The van der Waals surface area contributed by atoms with Crippen LogP contribution in [0, 0.1) is 17.5 Å². The molecule has 2 aromatic heterocycles. The first-order valence-electron chi connectivity index (χ1n) is 10.1. The summed E-state index contributed by atoms with van der Waals surface area (Å²) in [6.07, 6.45) is 0. The van der Waals surface area contributed by atoms with E-state index in [1.165, 1.54) is 16.7 Å². The predicted octanol–water partition coefficient (Wildman–Crippen LogP) is 5.88. The lowest BCUT2D eigenvalue weighted by Gasteiger charge is -2.16. The number of hydrogen-bond acceptors (Lipinski definition) is 5. The van der Waals surface area contributed by atoms with Crippen LogP contribution >= 0.6 is 23.2 Å². The minimum Gasteiger partial charge on any atom is -0.361 e. The molecule has 0 aliphatic heterocycles. The van der Waals surface area contributed by atoms with E-state index < -0.39 is 31.3 Å². The molecular weight excluding hydrogens is 512 g/mol. The van der Waals surface area contributed by atoms with Crippen LogP contribution in [0.25, 0.3) is 28.1 Å². The van der Waals surface area contributed by atoms with Crippen LogP contribution in [-0.2, 0) is 11.5 Å². The topological polar surface area (TPSA) is 75.1 Å². The van der Waals surface area contributed by atoms with Crippen molar-refractivity contribution in [3.05, 3.63) is 62.6 Å². The van der Waals surface area contributed by atoms with Gasteiger partial charge in [-0.05, 0) is 41.9 Å². The highest BCUT2D eigenvalue weighted by molar-refractivity contribution is 6.76. The molecule has 4 rings (SSSR count). The normalized spacial score (nSPS) is 12.1. The van der Waals surface area contributed by atoms with Crippen molar-refractivity contribution in [2.45, 2.75) is 32.4 Å². The molecule has 0 saturated heterocycles. The molecule has 0 atom stereocenters. The Morgan fingerprint density at radius 1 is 1.12 bits per heavy atom. The molecule has 0 aliphatic carbocycles. The lowest BCUT2D eigenvalue weighted by atomic mass is 10.1. The fourth-order valence-electron chi connectivity index (χ4n) is 3.32. The number of halogens is 5. The molecule has 0 bridgehead atoms. The summed E-state index contributed by atoms with van der Waals surface area (Å²) in [4.78, 5) is 16.4. The zero-order chi connectivity index (χ0) is 24.8. The molecule has 0 radical (unpaired) electrons. The van der Waals surface area contributed by atoms with Crippen LogP contribution in [0.15, 0.2) is 33.6 Å². The molecule has 34 heavy (non-hydrogen) atoms. The van der Waals surface area contributed by atoms with Crippen LogP contribution < -0.4 is 5.76 Å². The van der Waals surface area contributed by atoms with Crippen molar-refractivity contribution < 1.29 is 22.4 Å². The largest absolute Gasteiger partial charge is 0.446 e. The van der Waals surface area contributed by atoms with E-state index in [4.69, 9.17) is 32.5 Å². The van der Waals surface area contributed by atoms with Crippen molar-refractivity contribution in [3.8, 4) is 17.1 Å². The second-order valence-corrected chi connectivity index (χ2v) is 15.1. The number of hydrogen-bond donors (Lipinski definition) is 0. The predicted molar refractivity (Wildman–Crippen MR) is 125 cm³/mol. The molecule has 0 N–H and O–H groups in total. The first-order valence-corrected chi connectivity index (χ1v) is 14.6. The Bertz CT molecular complexity index is 1450. The van der Waals surface area contributed by atoms with Gasteiger partial charge >= 0.3 is 5.76 Å². The Morgan fingerprint density at radius 3 is 2.53 bits per heavy atom.